The molecule has 1 aliphatic heterocycles. The average Bonchev–Trinajstić information content (AvgIpc) is 2.86. The van der Waals surface area contributed by atoms with Gasteiger partial charge in [-0.15, -0.1) is 0 Å². The molecule has 0 radical (unpaired) electrons. The van der Waals surface area contributed by atoms with Gasteiger partial charge in [0, 0.05) is 51.9 Å². The van der Waals surface area contributed by atoms with Crippen LogP contribution in [0.4, 0.5) is 0 Å². The van der Waals surface area contributed by atoms with Crippen LogP contribution in [0.25, 0.3) is 0 Å². The van der Waals surface area contributed by atoms with Crippen LogP contribution >= 0.6 is 0 Å². The Morgan fingerprint density at radius 3 is 0.694 bits per heavy atom. The first-order valence-electron chi connectivity index (χ1n) is 14.6. The van der Waals surface area contributed by atoms with E-state index < -0.39 is 0 Å². The van der Waals surface area contributed by atoms with E-state index >= 15 is 0 Å². The molecule has 0 aliphatic carbocycles. The molecule has 0 saturated carbocycles. The fraction of sp³-hybridized carbons (Fsp3) is 0.857. The molecule has 1 heterocycles. The molecule has 36 heavy (non-hydrogen) atoms. The smallest absolute Gasteiger partial charge is 0.219 e. The summed E-state index contributed by atoms with van der Waals surface area (Å²) in [4.78, 5) is 47.7. The molecule has 4 N–H and O–H groups in total. The summed E-state index contributed by atoms with van der Waals surface area (Å²) in [6.45, 7) is 2.88. The number of hydrogen-bond donors (Lipinski definition) is 4. The molecule has 1 rings (SSSR count). The van der Waals surface area contributed by atoms with Crippen LogP contribution in [0.15, 0.2) is 0 Å². The zero-order valence-electron chi connectivity index (χ0n) is 22.6. The van der Waals surface area contributed by atoms with Gasteiger partial charge in [0.05, 0.1) is 0 Å². The Hall–Kier alpha value is -2.12. The van der Waals surface area contributed by atoms with Crippen LogP contribution in [0, 0.1) is 0 Å². The molecule has 0 aromatic heterocycles. The maximum atomic E-state index is 11.9. The molecule has 1 aliphatic rings. The average molecular weight is 509 g/mol. The standard InChI is InChI=1S/C28H52N4O4/c33-25-17-9-10-19-27(35)31-23-15-7-3-4-8-16-24-32-28(36)20-12-11-18-26(34)30-22-14-6-2-1-5-13-21-29-25/h1-24H2,(H,29,33)(H,30,34)(H,31,35)(H,32,36). The highest BCUT2D eigenvalue weighted by Gasteiger charge is 2.06. The van der Waals surface area contributed by atoms with E-state index in [0.717, 1.165) is 129 Å². The molecule has 1 fully saturated rings. The minimum Gasteiger partial charge on any atom is -0.356 e. The topological polar surface area (TPSA) is 116 Å². The Labute approximate surface area is 218 Å². The Kier molecular flexibility index (Phi) is 20.6. The third kappa shape index (κ3) is 21.2. The second-order valence-corrected chi connectivity index (χ2v) is 10.1. The number of hydrogen-bond acceptors (Lipinski definition) is 4. The van der Waals surface area contributed by atoms with Gasteiger partial charge in [0.1, 0.15) is 0 Å². The predicted molar refractivity (Wildman–Crippen MR) is 144 cm³/mol. The molecular weight excluding hydrogens is 456 g/mol. The second-order valence-electron chi connectivity index (χ2n) is 10.1. The number of nitrogens with one attached hydrogen (secondary N) is 4. The SMILES string of the molecule is O=C1CCCCC(=O)NCCCCCCCCNC(=O)CCCCC(=O)NCCCCCCCCN1. The van der Waals surface area contributed by atoms with Crippen molar-refractivity contribution in [3.63, 3.8) is 0 Å². The normalized spacial score (nSPS) is 22.0. The van der Waals surface area contributed by atoms with Crippen molar-refractivity contribution in [3.05, 3.63) is 0 Å². The second kappa shape index (κ2) is 23.3. The number of amides is 4. The highest BCUT2D eigenvalue weighted by molar-refractivity contribution is 5.77. The largest absolute Gasteiger partial charge is 0.356 e. The van der Waals surface area contributed by atoms with Gasteiger partial charge in [-0.05, 0) is 51.4 Å². The van der Waals surface area contributed by atoms with Crippen molar-refractivity contribution in [2.45, 2.75) is 128 Å². The molecule has 208 valence electrons. The molecule has 8 heteroatoms. The van der Waals surface area contributed by atoms with E-state index in [9.17, 15) is 19.2 Å². The first kappa shape index (κ1) is 31.9. The molecule has 8 nitrogen and oxygen atoms in total. The van der Waals surface area contributed by atoms with Crippen molar-refractivity contribution in [2.24, 2.45) is 0 Å². The summed E-state index contributed by atoms with van der Waals surface area (Å²) in [6, 6.07) is 0. The Morgan fingerprint density at radius 1 is 0.278 bits per heavy atom. The lowest BCUT2D eigenvalue weighted by Gasteiger charge is -2.08. The molecule has 0 spiro atoms. The Morgan fingerprint density at radius 2 is 0.472 bits per heavy atom. The number of carbonyl (C=O) groups excluding carboxylic acids is 4. The van der Waals surface area contributed by atoms with Crippen LogP contribution in [-0.2, 0) is 19.2 Å². The highest BCUT2D eigenvalue weighted by Crippen LogP contribution is 2.07. The number of rotatable bonds is 0. The van der Waals surface area contributed by atoms with Crippen LogP contribution in [0.2, 0.25) is 0 Å². The zero-order chi connectivity index (χ0) is 26.1. The van der Waals surface area contributed by atoms with Gasteiger partial charge in [-0.3, -0.25) is 19.2 Å². The van der Waals surface area contributed by atoms with E-state index in [4.69, 9.17) is 0 Å². The summed E-state index contributed by atoms with van der Waals surface area (Å²) < 4.78 is 0. The van der Waals surface area contributed by atoms with E-state index in [1.165, 1.54) is 0 Å². The quantitative estimate of drug-likeness (QED) is 0.391. The summed E-state index contributed by atoms with van der Waals surface area (Å²) in [5.74, 6) is 0.332. The van der Waals surface area contributed by atoms with E-state index in [1.807, 2.05) is 0 Å². The van der Waals surface area contributed by atoms with Crippen molar-refractivity contribution in [2.75, 3.05) is 26.2 Å². The summed E-state index contributed by atoms with van der Waals surface area (Å²) in [5.41, 5.74) is 0. The number of carbonyl (C=O) groups is 4. The van der Waals surface area contributed by atoms with E-state index in [-0.39, 0.29) is 23.6 Å². The van der Waals surface area contributed by atoms with Crippen molar-refractivity contribution in [1.29, 1.82) is 0 Å². The molecule has 4 amide bonds. The molecule has 0 atom stereocenters. The van der Waals surface area contributed by atoms with Crippen molar-refractivity contribution in [3.8, 4) is 0 Å². The van der Waals surface area contributed by atoms with Crippen molar-refractivity contribution >= 4 is 23.6 Å². The summed E-state index contributed by atoms with van der Waals surface area (Å²) in [7, 11) is 0. The fourth-order valence-corrected chi connectivity index (χ4v) is 4.32. The van der Waals surface area contributed by atoms with Crippen LogP contribution in [0.1, 0.15) is 128 Å². The van der Waals surface area contributed by atoms with E-state index in [0.29, 0.717) is 25.7 Å². The van der Waals surface area contributed by atoms with Crippen molar-refractivity contribution in [1.82, 2.24) is 21.3 Å². The molecular formula is C28H52N4O4. The summed E-state index contributed by atoms with van der Waals surface area (Å²) >= 11 is 0. The third-order valence-electron chi connectivity index (χ3n) is 6.61. The van der Waals surface area contributed by atoms with Crippen LogP contribution in [-0.4, -0.2) is 49.8 Å². The minimum atomic E-state index is 0.0829. The minimum absolute atomic E-state index is 0.0829. The van der Waals surface area contributed by atoms with Gasteiger partial charge >= 0.3 is 0 Å². The molecule has 0 bridgehead atoms. The Balaban J connectivity index is 2.23. The first-order chi connectivity index (χ1) is 17.6. The van der Waals surface area contributed by atoms with Gasteiger partial charge in [0.15, 0.2) is 0 Å². The van der Waals surface area contributed by atoms with E-state index in [2.05, 4.69) is 21.3 Å². The lowest BCUT2D eigenvalue weighted by molar-refractivity contribution is -0.123. The lowest BCUT2D eigenvalue weighted by atomic mass is 10.1. The van der Waals surface area contributed by atoms with Crippen LogP contribution in [0.3, 0.4) is 0 Å². The summed E-state index contributed by atoms with van der Waals surface area (Å²) in [6.07, 6.45) is 17.8. The first-order valence-corrected chi connectivity index (χ1v) is 14.6. The molecule has 1 saturated heterocycles. The molecule has 0 aromatic carbocycles. The molecule has 0 unspecified atom stereocenters. The van der Waals surface area contributed by atoms with Gasteiger partial charge in [0.2, 0.25) is 23.6 Å². The van der Waals surface area contributed by atoms with Gasteiger partial charge in [0.25, 0.3) is 0 Å². The van der Waals surface area contributed by atoms with Crippen LogP contribution in [0.5, 0.6) is 0 Å². The van der Waals surface area contributed by atoms with Gasteiger partial charge < -0.3 is 21.3 Å². The maximum Gasteiger partial charge on any atom is 0.219 e. The van der Waals surface area contributed by atoms with Gasteiger partial charge in [-0.1, -0.05) is 51.4 Å². The Bertz CT molecular complexity index is 508. The fourth-order valence-electron chi connectivity index (χ4n) is 4.32. The van der Waals surface area contributed by atoms with Gasteiger partial charge in [-0.25, -0.2) is 0 Å². The zero-order valence-corrected chi connectivity index (χ0v) is 22.6. The van der Waals surface area contributed by atoms with Crippen LogP contribution < -0.4 is 21.3 Å². The lowest BCUT2D eigenvalue weighted by Crippen LogP contribution is -2.25. The predicted octanol–water partition coefficient (Wildman–Crippen LogP) is 4.27. The van der Waals surface area contributed by atoms with Crippen molar-refractivity contribution < 1.29 is 19.2 Å². The maximum absolute atomic E-state index is 11.9. The summed E-state index contributed by atoms with van der Waals surface area (Å²) in [5, 5.41) is 11.9. The third-order valence-corrected chi connectivity index (χ3v) is 6.61. The monoisotopic (exact) mass is 508 g/mol. The van der Waals surface area contributed by atoms with Gasteiger partial charge in [-0.2, -0.15) is 0 Å². The van der Waals surface area contributed by atoms with E-state index in [1.54, 1.807) is 0 Å². The highest BCUT2D eigenvalue weighted by atomic mass is 16.2. The molecule has 0 aromatic rings.